The van der Waals surface area contributed by atoms with Crippen molar-refractivity contribution in [3.8, 4) is 17.2 Å². The van der Waals surface area contributed by atoms with Crippen LogP contribution in [0.2, 0.25) is 0 Å². The minimum Gasteiger partial charge on any atom is -0.497 e. The predicted octanol–water partition coefficient (Wildman–Crippen LogP) is 1.95. The molecule has 0 aliphatic carbocycles. The first-order valence-corrected chi connectivity index (χ1v) is 7.03. The van der Waals surface area contributed by atoms with Gasteiger partial charge in [0.15, 0.2) is 12.0 Å². The van der Waals surface area contributed by atoms with Gasteiger partial charge in [-0.05, 0) is 25.0 Å². The second-order valence-corrected chi connectivity index (χ2v) is 4.93. The van der Waals surface area contributed by atoms with Gasteiger partial charge in [0.25, 0.3) is 0 Å². The highest BCUT2D eigenvalue weighted by molar-refractivity contribution is 5.74. The maximum absolute atomic E-state index is 11.3. The van der Waals surface area contributed by atoms with Gasteiger partial charge in [-0.25, -0.2) is 4.68 Å². The van der Waals surface area contributed by atoms with E-state index >= 15 is 0 Å². The van der Waals surface area contributed by atoms with Crippen molar-refractivity contribution < 1.29 is 19.0 Å². The SMILES string of the molecule is COc1ccc(-n2nnc(C=O)c2C2CCCO2)c(OC)c1. The van der Waals surface area contributed by atoms with Gasteiger partial charge in [0, 0.05) is 12.7 Å². The van der Waals surface area contributed by atoms with Gasteiger partial charge in [-0.15, -0.1) is 5.10 Å². The summed E-state index contributed by atoms with van der Waals surface area (Å²) < 4.78 is 17.9. The minimum atomic E-state index is -0.179. The first-order chi connectivity index (χ1) is 10.8. The van der Waals surface area contributed by atoms with Gasteiger partial charge in [-0.3, -0.25) is 4.79 Å². The maximum atomic E-state index is 11.3. The summed E-state index contributed by atoms with van der Waals surface area (Å²) in [4.78, 5) is 11.3. The van der Waals surface area contributed by atoms with Crippen LogP contribution in [0, 0.1) is 0 Å². The molecule has 2 aromatic rings. The molecule has 7 heteroatoms. The average molecular weight is 303 g/mol. The van der Waals surface area contributed by atoms with Gasteiger partial charge in [-0.1, -0.05) is 5.21 Å². The van der Waals surface area contributed by atoms with E-state index < -0.39 is 0 Å². The lowest BCUT2D eigenvalue weighted by molar-refractivity contribution is 0.102. The van der Waals surface area contributed by atoms with Crippen molar-refractivity contribution in [3.05, 3.63) is 29.6 Å². The summed E-state index contributed by atoms with van der Waals surface area (Å²) in [7, 11) is 3.16. The smallest absolute Gasteiger partial charge is 0.172 e. The van der Waals surface area contributed by atoms with E-state index in [4.69, 9.17) is 14.2 Å². The Labute approximate surface area is 127 Å². The standard InChI is InChI=1S/C15H17N3O4/c1-20-10-5-6-12(14(8-10)21-2)18-15(11(9-19)16-17-18)13-4-3-7-22-13/h5-6,8-9,13H,3-4,7H2,1-2H3. The molecule has 1 atom stereocenters. The van der Waals surface area contributed by atoms with E-state index in [2.05, 4.69) is 10.3 Å². The topological polar surface area (TPSA) is 75.5 Å². The van der Waals surface area contributed by atoms with Crippen LogP contribution in [0.4, 0.5) is 0 Å². The number of carbonyl (C=O) groups is 1. The van der Waals surface area contributed by atoms with E-state index in [9.17, 15) is 4.79 Å². The lowest BCUT2D eigenvalue weighted by Crippen LogP contribution is -2.10. The number of carbonyl (C=O) groups excluding carboxylic acids is 1. The zero-order chi connectivity index (χ0) is 15.5. The van der Waals surface area contributed by atoms with Crippen molar-refractivity contribution in [1.82, 2.24) is 15.0 Å². The third kappa shape index (κ3) is 2.43. The van der Waals surface area contributed by atoms with Crippen LogP contribution >= 0.6 is 0 Å². The molecule has 1 aliphatic rings. The molecule has 22 heavy (non-hydrogen) atoms. The predicted molar refractivity (Wildman–Crippen MR) is 77.8 cm³/mol. The molecule has 116 valence electrons. The molecular formula is C15H17N3O4. The zero-order valence-electron chi connectivity index (χ0n) is 12.5. The first kappa shape index (κ1) is 14.5. The highest BCUT2D eigenvalue weighted by atomic mass is 16.5. The Morgan fingerprint density at radius 2 is 2.23 bits per heavy atom. The van der Waals surface area contributed by atoms with Gasteiger partial charge in [0.2, 0.25) is 0 Å². The van der Waals surface area contributed by atoms with Crippen LogP contribution in [-0.2, 0) is 4.74 Å². The number of benzene rings is 1. The third-order valence-corrected chi connectivity index (χ3v) is 3.69. The summed E-state index contributed by atoms with van der Waals surface area (Å²) in [6.07, 6.45) is 2.32. The molecule has 7 nitrogen and oxygen atoms in total. The van der Waals surface area contributed by atoms with E-state index in [-0.39, 0.29) is 6.10 Å². The van der Waals surface area contributed by atoms with Crippen molar-refractivity contribution >= 4 is 6.29 Å². The Kier molecular flexibility index (Phi) is 4.06. The molecule has 1 fully saturated rings. The monoisotopic (exact) mass is 303 g/mol. The highest BCUT2D eigenvalue weighted by Crippen LogP contribution is 2.34. The van der Waals surface area contributed by atoms with Crippen LogP contribution in [0.5, 0.6) is 11.5 Å². The summed E-state index contributed by atoms with van der Waals surface area (Å²) in [5, 5.41) is 8.05. The number of aldehydes is 1. The van der Waals surface area contributed by atoms with Crippen molar-refractivity contribution in [1.29, 1.82) is 0 Å². The quantitative estimate of drug-likeness (QED) is 0.786. The Balaban J connectivity index is 2.12. The maximum Gasteiger partial charge on any atom is 0.172 e. The molecule has 3 rings (SSSR count). The molecule has 0 spiro atoms. The summed E-state index contributed by atoms with van der Waals surface area (Å²) in [5.74, 6) is 1.26. The van der Waals surface area contributed by atoms with E-state index in [1.165, 1.54) is 0 Å². The summed E-state index contributed by atoms with van der Waals surface area (Å²) in [5.41, 5.74) is 1.65. The van der Waals surface area contributed by atoms with Crippen LogP contribution in [0.15, 0.2) is 18.2 Å². The number of nitrogens with zero attached hydrogens (tertiary/aromatic N) is 3. The largest absolute Gasteiger partial charge is 0.497 e. The van der Waals surface area contributed by atoms with Gasteiger partial charge in [-0.2, -0.15) is 0 Å². The third-order valence-electron chi connectivity index (χ3n) is 3.69. The lowest BCUT2D eigenvalue weighted by atomic mass is 10.1. The van der Waals surface area contributed by atoms with Crippen LogP contribution in [0.1, 0.15) is 35.1 Å². The first-order valence-electron chi connectivity index (χ1n) is 7.03. The van der Waals surface area contributed by atoms with Crippen LogP contribution in [0.3, 0.4) is 0 Å². The Morgan fingerprint density at radius 3 is 2.86 bits per heavy atom. The number of ether oxygens (including phenoxy) is 3. The Bertz CT molecular complexity index is 677. The fraction of sp³-hybridized carbons (Fsp3) is 0.400. The molecule has 0 amide bonds. The molecule has 0 bridgehead atoms. The number of hydrogen-bond acceptors (Lipinski definition) is 6. The normalized spacial score (nSPS) is 17.5. The van der Waals surface area contributed by atoms with Crippen molar-refractivity contribution in [2.45, 2.75) is 18.9 Å². The number of aromatic nitrogens is 3. The zero-order valence-corrected chi connectivity index (χ0v) is 12.5. The average Bonchev–Trinajstić information content (AvgIpc) is 3.22. The number of hydrogen-bond donors (Lipinski definition) is 0. The van der Waals surface area contributed by atoms with Gasteiger partial charge in [0.1, 0.15) is 29.0 Å². The lowest BCUT2D eigenvalue weighted by Gasteiger charge is -2.15. The van der Waals surface area contributed by atoms with E-state index in [1.54, 1.807) is 31.0 Å². The second-order valence-electron chi connectivity index (χ2n) is 4.93. The van der Waals surface area contributed by atoms with Crippen molar-refractivity contribution in [3.63, 3.8) is 0 Å². The molecule has 2 heterocycles. The van der Waals surface area contributed by atoms with Gasteiger partial charge < -0.3 is 14.2 Å². The van der Waals surface area contributed by atoms with Gasteiger partial charge >= 0.3 is 0 Å². The Morgan fingerprint density at radius 1 is 1.36 bits per heavy atom. The fourth-order valence-corrected chi connectivity index (χ4v) is 2.62. The van der Waals surface area contributed by atoms with E-state index in [0.717, 1.165) is 12.8 Å². The van der Waals surface area contributed by atoms with E-state index in [0.29, 0.717) is 41.5 Å². The fourth-order valence-electron chi connectivity index (χ4n) is 2.62. The molecule has 1 aromatic carbocycles. The Hall–Kier alpha value is -2.41. The summed E-state index contributed by atoms with van der Waals surface area (Å²) in [6.45, 7) is 0.674. The molecule has 1 unspecified atom stereocenters. The highest BCUT2D eigenvalue weighted by Gasteiger charge is 2.28. The molecule has 0 radical (unpaired) electrons. The molecule has 1 saturated heterocycles. The summed E-state index contributed by atoms with van der Waals surface area (Å²) in [6, 6.07) is 5.38. The van der Waals surface area contributed by atoms with Crippen molar-refractivity contribution in [2.24, 2.45) is 0 Å². The number of methoxy groups -OCH3 is 2. The molecule has 1 aromatic heterocycles. The van der Waals surface area contributed by atoms with E-state index in [1.807, 2.05) is 6.07 Å². The van der Waals surface area contributed by atoms with Gasteiger partial charge in [0.05, 0.1) is 14.2 Å². The molecule has 0 N–H and O–H groups in total. The summed E-state index contributed by atoms with van der Waals surface area (Å²) >= 11 is 0. The van der Waals surface area contributed by atoms with Crippen molar-refractivity contribution in [2.75, 3.05) is 20.8 Å². The number of rotatable bonds is 5. The molecule has 0 saturated carbocycles. The van der Waals surface area contributed by atoms with Crippen LogP contribution in [-0.4, -0.2) is 42.1 Å². The minimum absolute atomic E-state index is 0.179. The molecule has 1 aliphatic heterocycles. The van der Waals surface area contributed by atoms with Crippen LogP contribution in [0.25, 0.3) is 5.69 Å². The molecular weight excluding hydrogens is 286 g/mol. The second kappa shape index (κ2) is 6.15. The van der Waals surface area contributed by atoms with Crippen LogP contribution < -0.4 is 9.47 Å².